The molecule has 0 fully saturated rings. The van der Waals surface area contributed by atoms with Crippen LogP contribution in [-0.4, -0.2) is 39.5 Å². The Bertz CT molecular complexity index is 1470. The minimum absolute atomic E-state index is 0.0437. The number of hydrogen-bond acceptors (Lipinski definition) is 7. The number of allylic oxidation sites excluding steroid dienone is 1. The summed E-state index contributed by atoms with van der Waals surface area (Å²) in [6, 6.07) is 12.9. The Hall–Kier alpha value is -3.11. The van der Waals surface area contributed by atoms with Gasteiger partial charge >= 0.3 is 5.97 Å². The van der Waals surface area contributed by atoms with E-state index in [4.69, 9.17) is 27.9 Å². The summed E-state index contributed by atoms with van der Waals surface area (Å²) in [5.74, 6) is -0.234. The topological polar surface area (TPSA) is 86.1 Å². The van der Waals surface area contributed by atoms with Gasteiger partial charge in [0, 0.05) is 28.1 Å². The first-order valence-corrected chi connectivity index (χ1v) is 13.6. The van der Waals surface area contributed by atoms with Crippen molar-refractivity contribution in [1.82, 2.24) is 14.8 Å². The van der Waals surface area contributed by atoms with Crippen molar-refractivity contribution in [3.05, 3.63) is 81.7 Å². The number of halogens is 2. The Labute approximate surface area is 232 Å². The highest BCUT2D eigenvalue weighted by molar-refractivity contribution is 7.99. The summed E-state index contributed by atoms with van der Waals surface area (Å²) in [5.41, 5.74) is 3.67. The van der Waals surface area contributed by atoms with Gasteiger partial charge in [-0.15, -0.1) is 28.1 Å². The number of thioether (sulfide) groups is 1. The molecular weight excluding hydrogens is 551 g/mol. The number of aryl methyl sites for hydroxylation is 1. The lowest BCUT2D eigenvalue weighted by Gasteiger charge is -2.10. The molecule has 11 heteroatoms. The molecule has 0 spiro atoms. The highest BCUT2D eigenvalue weighted by Gasteiger charge is 2.23. The van der Waals surface area contributed by atoms with Gasteiger partial charge in [0.05, 0.1) is 17.9 Å². The molecule has 0 aliphatic rings. The number of nitrogens with zero attached hydrogens (tertiary/aromatic N) is 3. The molecule has 4 rings (SSSR count). The zero-order chi connectivity index (χ0) is 26.5. The van der Waals surface area contributed by atoms with Crippen LogP contribution in [0.1, 0.15) is 15.9 Å². The molecule has 0 aliphatic carbocycles. The van der Waals surface area contributed by atoms with Crippen molar-refractivity contribution in [2.75, 3.05) is 18.2 Å². The number of amides is 1. The quantitative estimate of drug-likeness (QED) is 0.132. The standard InChI is InChI=1S/C26H22Cl2N4O3S2/c1-4-11-32-23(18-10-9-17(27)12-20(18)28)30-31-26(32)37-14-21(33)29-24-22(25(34)35-3)19(13-36-24)16-7-5-15(2)6-8-16/h4-10,12-13H,1,11,14H2,2-3H3,(H,29,33). The summed E-state index contributed by atoms with van der Waals surface area (Å²) in [6.07, 6.45) is 1.71. The number of aromatic nitrogens is 3. The second-order valence-electron chi connectivity index (χ2n) is 7.88. The van der Waals surface area contributed by atoms with E-state index in [0.717, 1.165) is 11.1 Å². The van der Waals surface area contributed by atoms with E-state index in [1.54, 1.807) is 24.3 Å². The van der Waals surface area contributed by atoms with Gasteiger partial charge in [0.1, 0.15) is 10.6 Å². The van der Waals surface area contributed by atoms with Crippen LogP contribution in [0.4, 0.5) is 5.00 Å². The third kappa shape index (κ3) is 6.07. The Kier molecular flexibility index (Phi) is 8.71. The Morgan fingerprint density at radius 3 is 2.59 bits per heavy atom. The third-order valence-electron chi connectivity index (χ3n) is 5.33. The molecule has 4 aromatic rings. The Balaban J connectivity index is 1.53. The third-order valence-corrected chi connectivity index (χ3v) is 7.74. The summed E-state index contributed by atoms with van der Waals surface area (Å²) in [4.78, 5) is 25.5. The van der Waals surface area contributed by atoms with Gasteiger partial charge in [-0.05, 0) is 30.7 Å². The summed E-state index contributed by atoms with van der Waals surface area (Å²) < 4.78 is 6.82. The molecule has 190 valence electrons. The molecule has 2 heterocycles. The van der Waals surface area contributed by atoms with Gasteiger partial charge in [-0.2, -0.15) is 0 Å². The van der Waals surface area contributed by atoms with Crippen LogP contribution in [0.2, 0.25) is 10.0 Å². The number of carbonyl (C=O) groups is 2. The van der Waals surface area contributed by atoms with Crippen molar-refractivity contribution >= 4 is 63.2 Å². The molecule has 0 radical (unpaired) electrons. The van der Waals surface area contributed by atoms with Gasteiger partial charge in [0.25, 0.3) is 0 Å². The first-order valence-electron chi connectivity index (χ1n) is 11.0. The van der Waals surface area contributed by atoms with Crippen LogP contribution in [-0.2, 0) is 16.1 Å². The first kappa shape index (κ1) is 26.9. The molecule has 0 saturated carbocycles. The van der Waals surface area contributed by atoms with Crippen LogP contribution >= 0.6 is 46.3 Å². The molecule has 2 aromatic carbocycles. The molecule has 0 atom stereocenters. The molecule has 1 N–H and O–H groups in total. The van der Waals surface area contributed by atoms with Crippen molar-refractivity contribution in [1.29, 1.82) is 0 Å². The molecule has 7 nitrogen and oxygen atoms in total. The van der Waals surface area contributed by atoms with E-state index in [-0.39, 0.29) is 11.7 Å². The summed E-state index contributed by atoms with van der Waals surface area (Å²) in [6.45, 7) is 6.21. The van der Waals surface area contributed by atoms with Gasteiger partial charge in [-0.1, -0.05) is 70.9 Å². The molecule has 0 saturated heterocycles. The van der Waals surface area contributed by atoms with Gasteiger partial charge < -0.3 is 10.1 Å². The van der Waals surface area contributed by atoms with Crippen LogP contribution in [0.3, 0.4) is 0 Å². The van der Waals surface area contributed by atoms with Crippen molar-refractivity contribution in [2.24, 2.45) is 0 Å². The van der Waals surface area contributed by atoms with Gasteiger partial charge in [0.15, 0.2) is 11.0 Å². The van der Waals surface area contributed by atoms with Gasteiger partial charge in [-0.3, -0.25) is 9.36 Å². The number of thiophene rings is 1. The van der Waals surface area contributed by atoms with Crippen molar-refractivity contribution in [3.8, 4) is 22.5 Å². The minimum atomic E-state index is -0.519. The van der Waals surface area contributed by atoms with Gasteiger partial charge in [0.2, 0.25) is 5.91 Å². The van der Waals surface area contributed by atoms with Crippen molar-refractivity contribution in [3.63, 3.8) is 0 Å². The van der Waals surface area contributed by atoms with Crippen LogP contribution in [0, 0.1) is 6.92 Å². The zero-order valence-corrected chi connectivity index (χ0v) is 23.1. The zero-order valence-electron chi connectivity index (χ0n) is 20.0. The highest BCUT2D eigenvalue weighted by atomic mass is 35.5. The molecule has 0 aliphatic heterocycles. The number of hydrogen-bond donors (Lipinski definition) is 1. The molecule has 1 amide bonds. The van der Waals surface area contributed by atoms with E-state index in [1.165, 1.54) is 30.2 Å². The number of rotatable bonds is 9. The number of anilines is 1. The smallest absolute Gasteiger partial charge is 0.341 e. The number of esters is 1. The summed E-state index contributed by atoms with van der Waals surface area (Å²) in [5, 5.41) is 15.1. The van der Waals surface area contributed by atoms with Crippen LogP contribution in [0.15, 0.2) is 65.7 Å². The molecule has 37 heavy (non-hydrogen) atoms. The average molecular weight is 574 g/mol. The lowest BCUT2D eigenvalue weighted by molar-refractivity contribution is -0.113. The second-order valence-corrected chi connectivity index (χ2v) is 10.5. The van der Waals surface area contributed by atoms with Crippen LogP contribution < -0.4 is 5.32 Å². The fourth-order valence-electron chi connectivity index (χ4n) is 3.55. The Morgan fingerprint density at radius 1 is 1.16 bits per heavy atom. The molecule has 0 bridgehead atoms. The predicted molar refractivity (Wildman–Crippen MR) is 151 cm³/mol. The minimum Gasteiger partial charge on any atom is -0.465 e. The molecule has 0 unspecified atom stereocenters. The fourth-order valence-corrected chi connectivity index (χ4v) is 5.77. The maximum absolute atomic E-state index is 12.9. The number of nitrogens with one attached hydrogen (secondary N) is 1. The summed E-state index contributed by atoms with van der Waals surface area (Å²) in [7, 11) is 1.32. The number of ether oxygens (including phenoxy) is 1. The van der Waals surface area contributed by atoms with E-state index in [2.05, 4.69) is 22.1 Å². The number of benzene rings is 2. The average Bonchev–Trinajstić information content (AvgIpc) is 3.47. The highest BCUT2D eigenvalue weighted by Crippen LogP contribution is 2.37. The SMILES string of the molecule is C=CCn1c(SCC(=O)Nc2scc(-c3ccc(C)cc3)c2C(=O)OC)nnc1-c1ccc(Cl)cc1Cl. The maximum Gasteiger partial charge on any atom is 0.341 e. The fraction of sp³-hybridized carbons (Fsp3) is 0.154. The van der Waals surface area contributed by atoms with E-state index in [0.29, 0.717) is 49.3 Å². The van der Waals surface area contributed by atoms with Crippen LogP contribution in [0.5, 0.6) is 0 Å². The van der Waals surface area contributed by atoms with Crippen molar-refractivity contribution < 1.29 is 14.3 Å². The van der Waals surface area contributed by atoms with E-state index in [9.17, 15) is 9.59 Å². The second kappa shape index (κ2) is 12.0. The molecule has 2 aromatic heterocycles. The summed E-state index contributed by atoms with van der Waals surface area (Å²) >= 11 is 14.9. The maximum atomic E-state index is 12.9. The largest absolute Gasteiger partial charge is 0.465 e. The first-order chi connectivity index (χ1) is 17.8. The monoisotopic (exact) mass is 572 g/mol. The lowest BCUT2D eigenvalue weighted by Crippen LogP contribution is -2.16. The van der Waals surface area contributed by atoms with Gasteiger partial charge in [-0.25, -0.2) is 4.79 Å². The number of carbonyl (C=O) groups excluding carboxylic acids is 2. The lowest BCUT2D eigenvalue weighted by atomic mass is 10.0. The molecular formula is C26H22Cl2N4O3S2. The van der Waals surface area contributed by atoms with Crippen LogP contribution in [0.25, 0.3) is 22.5 Å². The van der Waals surface area contributed by atoms with Crippen molar-refractivity contribution in [2.45, 2.75) is 18.6 Å². The normalized spacial score (nSPS) is 10.8. The number of methoxy groups -OCH3 is 1. The van der Waals surface area contributed by atoms with E-state index < -0.39 is 5.97 Å². The van der Waals surface area contributed by atoms with E-state index >= 15 is 0 Å². The van der Waals surface area contributed by atoms with E-state index in [1.807, 2.05) is 41.1 Å². The Morgan fingerprint density at radius 2 is 1.92 bits per heavy atom. The predicted octanol–water partition coefficient (Wildman–Crippen LogP) is 6.99.